The minimum atomic E-state index is -0.973. The van der Waals surface area contributed by atoms with E-state index in [2.05, 4.69) is 0 Å². The van der Waals surface area contributed by atoms with Gasteiger partial charge in [0.05, 0.1) is 6.10 Å². The van der Waals surface area contributed by atoms with E-state index in [-0.39, 0.29) is 0 Å². The fourth-order valence-corrected chi connectivity index (χ4v) is 1.44. The van der Waals surface area contributed by atoms with Crippen LogP contribution in [0.5, 0.6) is 0 Å². The van der Waals surface area contributed by atoms with E-state index in [0.717, 1.165) is 0 Å². The van der Waals surface area contributed by atoms with Gasteiger partial charge < -0.3 is 24.4 Å². The largest absolute Gasteiger partial charge is 0.388 e. The minimum Gasteiger partial charge on any atom is -0.388 e. The lowest BCUT2D eigenvalue weighted by molar-refractivity contribution is -0.291. The Labute approximate surface area is 77.2 Å². The number of ether oxygens (including phenoxy) is 3. The molecule has 0 radical (unpaired) electrons. The number of hydrogen-bond acceptors (Lipinski definition) is 5. The van der Waals surface area contributed by atoms with Crippen molar-refractivity contribution in [2.45, 2.75) is 37.6 Å². The number of rotatable bonds is 2. The first-order valence-electron chi connectivity index (χ1n) is 4.19. The van der Waals surface area contributed by atoms with Crippen molar-refractivity contribution in [3.05, 3.63) is 0 Å². The molecular formula is C8H16O5. The van der Waals surface area contributed by atoms with Gasteiger partial charge in [0.15, 0.2) is 6.29 Å². The van der Waals surface area contributed by atoms with Crippen LogP contribution in [0.4, 0.5) is 0 Å². The van der Waals surface area contributed by atoms with Crippen molar-refractivity contribution < 1.29 is 24.4 Å². The summed E-state index contributed by atoms with van der Waals surface area (Å²) in [5, 5.41) is 19.0. The summed E-state index contributed by atoms with van der Waals surface area (Å²) in [7, 11) is 2.90. The maximum Gasteiger partial charge on any atom is 0.186 e. The van der Waals surface area contributed by atoms with Gasteiger partial charge in [-0.3, -0.25) is 0 Å². The Bertz CT molecular complexity index is 161. The van der Waals surface area contributed by atoms with Crippen molar-refractivity contribution in [2.24, 2.45) is 0 Å². The van der Waals surface area contributed by atoms with Crippen molar-refractivity contribution >= 4 is 0 Å². The predicted octanol–water partition coefficient (Wildman–Crippen LogP) is -0.886. The van der Waals surface area contributed by atoms with Gasteiger partial charge in [-0.05, 0) is 6.92 Å². The van der Waals surface area contributed by atoms with E-state index in [0.29, 0.717) is 0 Å². The van der Waals surface area contributed by atoms with E-state index in [1.807, 2.05) is 0 Å². The summed E-state index contributed by atoms with van der Waals surface area (Å²) in [6.07, 6.45) is -3.63. The number of hydrogen-bond donors (Lipinski definition) is 2. The monoisotopic (exact) mass is 192 g/mol. The molecule has 13 heavy (non-hydrogen) atoms. The molecule has 0 unspecified atom stereocenters. The van der Waals surface area contributed by atoms with E-state index in [4.69, 9.17) is 14.2 Å². The highest BCUT2D eigenvalue weighted by molar-refractivity contribution is 4.87. The highest BCUT2D eigenvalue weighted by Gasteiger charge is 2.43. The second kappa shape index (κ2) is 4.34. The Morgan fingerprint density at radius 3 is 2.15 bits per heavy atom. The Morgan fingerprint density at radius 1 is 1.08 bits per heavy atom. The quantitative estimate of drug-likeness (QED) is 0.594. The van der Waals surface area contributed by atoms with Gasteiger partial charge >= 0.3 is 0 Å². The van der Waals surface area contributed by atoms with Crippen LogP contribution in [0, 0.1) is 0 Å². The molecule has 1 aliphatic rings. The minimum absolute atomic E-state index is 0.452. The number of aliphatic hydroxyl groups excluding tert-OH is 2. The van der Waals surface area contributed by atoms with Crippen LogP contribution in [0.3, 0.4) is 0 Å². The SMILES string of the molecule is CO[C@@H]1O[C@@H](C)[C@@H](O)[C@@H](O)[C@@H]1OC. The van der Waals surface area contributed by atoms with Crippen molar-refractivity contribution in [2.75, 3.05) is 14.2 Å². The molecule has 1 heterocycles. The molecule has 0 aromatic heterocycles. The summed E-state index contributed by atoms with van der Waals surface area (Å²) in [5.41, 5.74) is 0. The van der Waals surface area contributed by atoms with E-state index in [1.165, 1.54) is 14.2 Å². The average Bonchev–Trinajstić information content (AvgIpc) is 2.13. The second-order valence-corrected chi connectivity index (χ2v) is 3.13. The van der Waals surface area contributed by atoms with Crippen LogP contribution in [0.1, 0.15) is 6.92 Å². The van der Waals surface area contributed by atoms with E-state index < -0.39 is 30.7 Å². The van der Waals surface area contributed by atoms with E-state index in [9.17, 15) is 10.2 Å². The first kappa shape index (κ1) is 10.9. The Hall–Kier alpha value is -0.200. The van der Waals surface area contributed by atoms with Crippen molar-refractivity contribution in [1.82, 2.24) is 0 Å². The first-order valence-corrected chi connectivity index (χ1v) is 4.19. The van der Waals surface area contributed by atoms with E-state index >= 15 is 0 Å². The Kier molecular flexibility index (Phi) is 3.63. The van der Waals surface area contributed by atoms with Gasteiger partial charge in [-0.15, -0.1) is 0 Å². The zero-order valence-electron chi connectivity index (χ0n) is 8.01. The highest BCUT2D eigenvalue weighted by Crippen LogP contribution is 2.22. The van der Waals surface area contributed by atoms with Crippen LogP contribution in [0.15, 0.2) is 0 Å². The van der Waals surface area contributed by atoms with Crippen LogP contribution in [-0.4, -0.2) is 55.1 Å². The molecule has 0 amide bonds. The molecule has 0 aromatic carbocycles. The maximum absolute atomic E-state index is 9.57. The van der Waals surface area contributed by atoms with Crippen molar-refractivity contribution in [3.8, 4) is 0 Å². The Morgan fingerprint density at radius 2 is 1.69 bits per heavy atom. The van der Waals surface area contributed by atoms with Gasteiger partial charge in [0, 0.05) is 14.2 Å². The summed E-state index contributed by atoms with van der Waals surface area (Å²) in [6.45, 7) is 1.67. The highest BCUT2D eigenvalue weighted by atomic mass is 16.7. The molecule has 1 fully saturated rings. The molecular weight excluding hydrogens is 176 g/mol. The smallest absolute Gasteiger partial charge is 0.186 e. The molecule has 1 rings (SSSR count). The molecule has 0 aliphatic carbocycles. The molecule has 78 valence electrons. The lowest BCUT2D eigenvalue weighted by Gasteiger charge is -2.39. The fraction of sp³-hybridized carbons (Fsp3) is 1.00. The average molecular weight is 192 g/mol. The van der Waals surface area contributed by atoms with Crippen LogP contribution >= 0.6 is 0 Å². The topological polar surface area (TPSA) is 68.2 Å². The number of methoxy groups -OCH3 is 2. The normalized spacial score (nSPS) is 46.4. The zero-order chi connectivity index (χ0) is 10.0. The third kappa shape index (κ3) is 2.00. The number of aliphatic hydroxyl groups is 2. The third-order valence-corrected chi connectivity index (χ3v) is 2.29. The molecule has 5 nitrogen and oxygen atoms in total. The molecule has 1 aliphatic heterocycles. The van der Waals surface area contributed by atoms with Gasteiger partial charge in [0.2, 0.25) is 0 Å². The summed E-state index contributed by atoms with van der Waals surface area (Å²) < 4.78 is 15.2. The van der Waals surface area contributed by atoms with Crippen LogP contribution in [-0.2, 0) is 14.2 Å². The zero-order valence-corrected chi connectivity index (χ0v) is 8.01. The Balaban J connectivity index is 2.69. The van der Waals surface area contributed by atoms with Crippen molar-refractivity contribution in [3.63, 3.8) is 0 Å². The molecule has 0 bridgehead atoms. The first-order chi connectivity index (χ1) is 6.11. The molecule has 2 N–H and O–H groups in total. The fourth-order valence-electron chi connectivity index (χ4n) is 1.44. The summed E-state index contributed by atoms with van der Waals surface area (Å²) in [5.74, 6) is 0. The second-order valence-electron chi connectivity index (χ2n) is 3.13. The molecule has 0 spiro atoms. The van der Waals surface area contributed by atoms with Gasteiger partial charge in [0.1, 0.15) is 18.3 Å². The third-order valence-electron chi connectivity index (χ3n) is 2.29. The van der Waals surface area contributed by atoms with Gasteiger partial charge in [-0.1, -0.05) is 0 Å². The molecule has 0 saturated carbocycles. The van der Waals surface area contributed by atoms with Crippen LogP contribution < -0.4 is 0 Å². The molecule has 5 atom stereocenters. The molecule has 5 heteroatoms. The van der Waals surface area contributed by atoms with Gasteiger partial charge in [0.25, 0.3) is 0 Å². The van der Waals surface area contributed by atoms with Gasteiger partial charge in [-0.2, -0.15) is 0 Å². The van der Waals surface area contributed by atoms with Crippen molar-refractivity contribution in [1.29, 1.82) is 0 Å². The lowest BCUT2D eigenvalue weighted by atomic mass is 10.00. The lowest BCUT2D eigenvalue weighted by Crippen LogP contribution is -2.57. The molecule has 1 saturated heterocycles. The van der Waals surface area contributed by atoms with Crippen LogP contribution in [0.25, 0.3) is 0 Å². The van der Waals surface area contributed by atoms with Gasteiger partial charge in [-0.25, -0.2) is 0 Å². The summed E-state index contributed by atoms with van der Waals surface area (Å²) >= 11 is 0. The maximum atomic E-state index is 9.57. The predicted molar refractivity (Wildman–Crippen MR) is 44.2 cm³/mol. The standard InChI is InChI=1S/C8H16O5/c1-4-5(9)6(10)7(11-2)8(12-3)13-4/h4-10H,1-3H3/t4-,5+,6+,7-,8+/m0/s1. The molecule has 0 aromatic rings. The summed E-state index contributed by atoms with van der Waals surface area (Å²) in [4.78, 5) is 0. The van der Waals surface area contributed by atoms with E-state index in [1.54, 1.807) is 6.92 Å². The summed E-state index contributed by atoms with van der Waals surface area (Å²) in [6, 6.07) is 0. The van der Waals surface area contributed by atoms with Crippen LogP contribution in [0.2, 0.25) is 0 Å².